The fourth-order valence-electron chi connectivity index (χ4n) is 2.23. The zero-order chi connectivity index (χ0) is 19.6. The van der Waals surface area contributed by atoms with E-state index in [1.807, 2.05) is 33.9 Å². The third-order valence-corrected chi connectivity index (χ3v) is 4.35. The molecule has 7 nitrogen and oxygen atoms in total. The summed E-state index contributed by atoms with van der Waals surface area (Å²) in [5, 5.41) is 10.5. The maximum atomic E-state index is 11.9. The van der Waals surface area contributed by atoms with Gasteiger partial charge in [-0.15, -0.1) is 11.3 Å². The number of alkyl carbamates (subject to hydrolysis) is 1. The van der Waals surface area contributed by atoms with Crippen molar-refractivity contribution in [1.82, 2.24) is 20.9 Å². The van der Waals surface area contributed by atoms with Gasteiger partial charge in [-0.3, -0.25) is 4.99 Å². The highest BCUT2D eigenvalue weighted by atomic mass is 32.1. The number of ether oxygens (including phenoxy) is 1. The Morgan fingerprint density at radius 1 is 1.38 bits per heavy atom. The third kappa shape index (κ3) is 9.60. The van der Waals surface area contributed by atoms with Crippen molar-refractivity contribution >= 4 is 23.4 Å². The molecule has 1 amide bonds. The fraction of sp³-hybridized carbons (Fsp3) is 0.722. The Morgan fingerprint density at radius 3 is 2.65 bits per heavy atom. The lowest BCUT2D eigenvalue weighted by Crippen LogP contribution is -2.48. The van der Waals surface area contributed by atoms with Gasteiger partial charge in [0.05, 0.1) is 6.54 Å². The van der Waals surface area contributed by atoms with Crippen molar-refractivity contribution in [2.45, 2.75) is 72.1 Å². The minimum Gasteiger partial charge on any atom is -0.444 e. The first kappa shape index (κ1) is 22.2. The van der Waals surface area contributed by atoms with Crippen LogP contribution in [0.4, 0.5) is 4.79 Å². The number of amides is 1. The predicted molar refractivity (Wildman–Crippen MR) is 108 cm³/mol. The van der Waals surface area contributed by atoms with Crippen molar-refractivity contribution in [2.24, 2.45) is 4.99 Å². The number of nitrogens with zero attached hydrogens (tertiary/aromatic N) is 2. The molecule has 0 saturated carbocycles. The third-order valence-electron chi connectivity index (χ3n) is 3.44. The Morgan fingerprint density at radius 2 is 2.12 bits per heavy atom. The van der Waals surface area contributed by atoms with Gasteiger partial charge in [-0.05, 0) is 34.1 Å². The van der Waals surface area contributed by atoms with E-state index < -0.39 is 11.7 Å². The summed E-state index contributed by atoms with van der Waals surface area (Å²) in [7, 11) is 1.74. The van der Waals surface area contributed by atoms with Crippen LogP contribution >= 0.6 is 11.3 Å². The van der Waals surface area contributed by atoms with Crippen LogP contribution in [0, 0.1) is 6.92 Å². The number of unbranched alkanes of at least 4 members (excludes halogenated alkanes) is 1. The van der Waals surface area contributed by atoms with Crippen LogP contribution in [0.1, 0.15) is 56.8 Å². The first-order valence-electron chi connectivity index (χ1n) is 9.08. The van der Waals surface area contributed by atoms with Crippen molar-refractivity contribution < 1.29 is 9.53 Å². The summed E-state index contributed by atoms with van der Waals surface area (Å²) in [6.45, 7) is 10.8. The van der Waals surface area contributed by atoms with Gasteiger partial charge in [0.15, 0.2) is 5.96 Å². The second kappa shape index (κ2) is 11.0. The molecular formula is C18H33N5O2S. The summed E-state index contributed by atoms with van der Waals surface area (Å²) in [5.74, 6) is 0.699. The Bertz CT molecular complexity index is 580. The summed E-state index contributed by atoms with van der Waals surface area (Å²) in [6, 6.07) is 0.0756. The molecule has 0 bridgehead atoms. The quantitative estimate of drug-likeness (QED) is 0.474. The molecule has 26 heavy (non-hydrogen) atoms. The van der Waals surface area contributed by atoms with Gasteiger partial charge in [-0.1, -0.05) is 19.8 Å². The van der Waals surface area contributed by atoms with Crippen LogP contribution in [0.25, 0.3) is 0 Å². The van der Waals surface area contributed by atoms with Crippen LogP contribution in [0.5, 0.6) is 0 Å². The molecule has 0 spiro atoms. The summed E-state index contributed by atoms with van der Waals surface area (Å²) in [6.07, 6.45) is 4.56. The number of carbonyl (C=O) groups is 1. The lowest BCUT2D eigenvalue weighted by molar-refractivity contribution is 0.0523. The maximum absolute atomic E-state index is 11.9. The van der Waals surface area contributed by atoms with Crippen molar-refractivity contribution in [3.8, 4) is 0 Å². The number of hydrogen-bond donors (Lipinski definition) is 3. The number of thiazole rings is 1. The highest BCUT2D eigenvalue weighted by molar-refractivity contribution is 7.11. The monoisotopic (exact) mass is 383 g/mol. The molecule has 0 aliphatic heterocycles. The Balaban J connectivity index is 2.53. The standard InChI is InChI=1S/C18H33N5O2S/c1-7-8-9-14(11-22-17(24)25-18(3,4)5)23-16(19-6)21-12-15-20-10-13(2)26-15/h10,14H,7-9,11-12H2,1-6H3,(H,22,24)(H2,19,21,23). The molecule has 1 aromatic rings. The molecule has 1 unspecified atom stereocenters. The summed E-state index contributed by atoms with van der Waals surface area (Å²) < 4.78 is 5.30. The van der Waals surface area contributed by atoms with Gasteiger partial charge in [-0.25, -0.2) is 9.78 Å². The van der Waals surface area contributed by atoms with E-state index >= 15 is 0 Å². The summed E-state index contributed by atoms with van der Waals surface area (Å²) in [5.41, 5.74) is -0.500. The average molecular weight is 384 g/mol. The van der Waals surface area contributed by atoms with Crippen LogP contribution in [0.15, 0.2) is 11.2 Å². The number of carbonyl (C=O) groups excluding carboxylic acids is 1. The van der Waals surface area contributed by atoms with Crippen LogP contribution < -0.4 is 16.0 Å². The van der Waals surface area contributed by atoms with Crippen molar-refractivity contribution in [3.63, 3.8) is 0 Å². The molecule has 0 saturated heterocycles. The lowest BCUT2D eigenvalue weighted by Gasteiger charge is -2.24. The van der Waals surface area contributed by atoms with Crippen LogP contribution in [0.2, 0.25) is 0 Å². The van der Waals surface area contributed by atoms with E-state index in [4.69, 9.17) is 4.74 Å². The first-order valence-corrected chi connectivity index (χ1v) is 9.90. The molecule has 148 valence electrons. The molecule has 0 radical (unpaired) electrons. The van der Waals surface area contributed by atoms with Gasteiger partial charge in [-0.2, -0.15) is 0 Å². The molecule has 0 aliphatic rings. The minimum absolute atomic E-state index is 0.0756. The number of aryl methyl sites for hydroxylation is 1. The Labute approximate surface area is 161 Å². The number of hydrogen-bond acceptors (Lipinski definition) is 5. The fourth-order valence-corrected chi connectivity index (χ4v) is 2.95. The first-order chi connectivity index (χ1) is 12.2. The average Bonchev–Trinajstić information content (AvgIpc) is 2.97. The van der Waals surface area contributed by atoms with E-state index in [-0.39, 0.29) is 6.04 Å². The van der Waals surface area contributed by atoms with E-state index in [2.05, 4.69) is 32.9 Å². The van der Waals surface area contributed by atoms with E-state index in [1.54, 1.807) is 18.4 Å². The normalized spacial score (nSPS) is 13.2. The topological polar surface area (TPSA) is 87.6 Å². The van der Waals surface area contributed by atoms with E-state index in [9.17, 15) is 4.79 Å². The number of aliphatic imine (C=N–C) groups is 1. The molecule has 8 heteroatoms. The summed E-state index contributed by atoms with van der Waals surface area (Å²) in [4.78, 5) is 21.7. The van der Waals surface area contributed by atoms with E-state index in [0.717, 1.165) is 24.3 Å². The smallest absolute Gasteiger partial charge is 0.407 e. The molecular weight excluding hydrogens is 350 g/mol. The molecule has 1 aromatic heterocycles. The van der Waals surface area contributed by atoms with Crippen LogP contribution in [-0.4, -0.2) is 42.3 Å². The molecule has 0 aliphatic carbocycles. The van der Waals surface area contributed by atoms with Gasteiger partial charge < -0.3 is 20.7 Å². The highest BCUT2D eigenvalue weighted by Gasteiger charge is 2.18. The van der Waals surface area contributed by atoms with Crippen LogP contribution in [0.3, 0.4) is 0 Å². The van der Waals surface area contributed by atoms with E-state index in [0.29, 0.717) is 19.0 Å². The predicted octanol–water partition coefficient (Wildman–Crippen LogP) is 3.20. The molecule has 3 N–H and O–H groups in total. The van der Waals surface area contributed by atoms with Gasteiger partial charge in [0.2, 0.25) is 0 Å². The van der Waals surface area contributed by atoms with Crippen molar-refractivity contribution in [2.75, 3.05) is 13.6 Å². The van der Waals surface area contributed by atoms with Gasteiger partial charge >= 0.3 is 6.09 Å². The summed E-state index contributed by atoms with van der Waals surface area (Å²) >= 11 is 1.66. The molecule has 0 fully saturated rings. The van der Waals surface area contributed by atoms with Gasteiger partial charge in [0, 0.05) is 30.7 Å². The second-order valence-electron chi connectivity index (χ2n) is 7.16. The van der Waals surface area contributed by atoms with Crippen LogP contribution in [-0.2, 0) is 11.3 Å². The van der Waals surface area contributed by atoms with E-state index in [1.165, 1.54) is 4.88 Å². The Hall–Kier alpha value is -1.83. The number of aromatic nitrogens is 1. The molecule has 1 heterocycles. The SMILES string of the molecule is CCCCC(CNC(=O)OC(C)(C)C)NC(=NC)NCc1ncc(C)s1. The molecule has 1 atom stereocenters. The minimum atomic E-state index is -0.500. The maximum Gasteiger partial charge on any atom is 0.407 e. The van der Waals surface area contributed by atoms with Gasteiger partial charge in [0.1, 0.15) is 10.6 Å². The number of rotatable bonds is 8. The Kier molecular flexibility index (Phi) is 9.40. The lowest BCUT2D eigenvalue weighted by atomic mass is 10.1. The number of guanidine groups is 1. The van der Waals surface area contributed by atoms with Gasteiger partial charge in [0.25, 0.3) is 0 Å². The number of nitrogens with one attached hydrogen (secondary N) is 3. The molecule has 0 aromatic carbocycles. The molecule has 1 rings (SSSR count). The van der Waals surface area contributed by atoms with Crippen molar-refractivity contribution in [1.29, 1.82) is 0 Å². The highest BCUT2D eigenvalue weighted by Crippen LogP contribution is 2.10. The second-order valence-corrected chi connectivity index (χ2v) is 8.48. The zero-order valence-electron chi connectivity index (χ0n) is 16.8. The largest absolute Gasteiger partial charge is 0.444 e. The van der Waals surface area contributed by atoms with Crippen molar-refractivity contribution in [3.05, 3.63) is 16.1 Å². The zero-order valence-corrected chi connectivity index (χ0v) is 17.6.